The van der Waals surface area contributed by atoms with Crippen LogP contribution in [0.5, 0.6) is 0 Å². The van der Waals surface area contributed by atoms with Crippen LogP contribution in [0.2, 0.25) is 0 Å². The first-order valence-corrected chi connectivity index (χ1v) is 7.57. The van der Waals surface area contributed by atoms with Gasteiger partial charge in [-0.2, -0.15) is 0 Å². The van der Waals surface area contributed by atoms with Crippen LogP contribution in [0.15, 0.2) is 12.1 Å². The van der Waals surface area contributed by atoms with Crippen molar-refractivity contribution < 1.29 is 4.79 Å². The molecule has 0 aliphatic carbocycles. The van der Waals surface area contributed by atoms with Crippen LogP contribution >= 0.6 is 11.3 Å². The minimum Gasteiger partial charge on any atom is -0.337 e. The lowest BCUT2D eigenvalue weighted by atomic mass is 9.79. The minimum atomic E-state index is 0.235. The maximum atomic E-state index is 12.5. The lowest BCUT2D eigenvalue weighted by Gasteiger charge is -2.39. The molecule has 0 bridgehead atoms. The summed E-state index contributed by atoms with van der Waals surface area (Å²) in [5.41, 5.74) is 0.361. The van der Waals surface area contributed by atoms with Crippen molar-refractivity contribution in [3.63, 3.8) is 0 Å². The average Bonchev–Trinajstić information content (AvgIpc) is 2.98. The summed E-state index contributed by atoms with van der Waals surface area (Å²) in [6.07, 6.45) is 3.64. The first-order chi connectivity index (χ1) is 8.69. The highest BCUT2D eigenvalue weighted by Gasteiger charge is 2.39. The van der Waals surface area contributed by atoms with Crippen molar-refractivity contribution in [2.45, 2.75) is 26.2 Å². The zero-order chi connectivity index (χ0) is 12.6. The van der Waals surface area contributed by atoms with Gasteiger partial charge < -0.3 is 10.2 Å². The van der Waals surface area contributed by atoms with Crippen molar-refractivity contribution in [1.29, 1.82) is 0 Å². The summed E-state index contributed by atoms with van der Waals surface area (Å²) in [5, 5.41) is 3.45. The number of hydrogen-bond donors (Lipinski definition) is 1. The van der Waals surface area contributed by atoms with Crippen LogP contribution in [0.1, 0.15) is 33.8 Å². The van der Waals surface area contributed by atoms with Gasteiger partial charge in [0.2, 0.25) is 0 Å². The Labute approximate surface area is 112 Å². The van der Waals surface area contributed by atoms with E-state index in [0.29, 0.717) is 5.41 Å². The molecule has 1 aromatic rings. The lowest BCUT2D eigenvalue weighted by Crippen LogP contribution is -2.46. The van der Waals surface area contributed by atoms with Gasteiger partial charge in [-0.1, -0.05) is 0 Å². The summed E-state index contributed by atoms with van der Waals surface area (Å²) >= 11 is 1.61. The number of carbonyl (C=O) groups is 1. The Morgan fingerprint density at radius 1 is 1.44 bits per heavy atom. The molecule has 3 nitrogen and oxygen atoms in total. The number of aryl methyl sites for hydroxylation is 1. The number of nitrogens with zero attached hydrogens (tertiary/aromatic N) is 1. The molecule has 1 aromatic heterocycles. The summed E-state index contributed by atoms with van der Waals surface area (Å²) in [5.74, 6) is 0.235. The molecule has 18 heavy (non-hydrogen) atoms. The van der Waals surface area contributed by atoms with E-state index in [1.165, 1.54) is 17.7 Å². The first kappa shape index (κ1) is 12.2. The number of rotatable bonds is 1. The maximum absolute atomic E-state index is 12.5. The Kier molecular flexibility index (Phi) is 3.16. The van der Waals surface area contributed by atoms with Crippen molar-refractivity contribution >= 4 is 17.2 Å². The molecule has 1 N–H and O–H groups in total. The van der Waals surface area contributed by atoms with E-state index >= 15 is 0 Å². The van der Waals surface area contributed by atoms with Gasteiger partial charge in [0, 0.05) is 29.9 Å². The average molecular weight is 264 g/mol. The number of hydrogen-bond acceptors (Lipinski definition) is 3. The van der Waals surface area contributed by atoms with Crippen molar-refractivity contribution in [2.24, 2.45) is 5.41 Å². The molecule has 1 atom stereocenters. The number of amides is 1. The SMILES string of the molecule is Cc1ccc(C(=O)N2CCCC3(CCNC3)C2)s1. The van der Waals surface area contributed by atoms with Crippen LogP contribution in [0.25, 0.3) is 0 Å². The second-order valence-corrected chi connectivity index (χ2v) is 6.96. The molecule has 1 spiro atoms. The quantitative estimate of drug-likeness (QED) is 0.844. The molecular formula is C14H20N2OS. The third kappa shape index (κ3) is 2.19. The van der Waals surface area contributed by atoms with E-state index in [2.05, 4.69) is 17.1 Å². The summed E-state index contributed by atoms with van der Waals surface area (Å²) in [6.45, 7) is 6.12. The van der Waals surface area contributed by atoms with Crippen LogP contribution in [-0.2, 0) is 0 Å². The van der Waals surface area contributed by atoms with Gasteiger partial charge in [-0.3, -0.25) is 4.79 Å². The molecular weight excluding hydrogens is 244 g/mol. The van der Waals surface area contributed by atoms with Gasteiger partial charge in [-0.05, 0) is 44.9 Å². The van der Waals surface area contributed by atoms with Gasteiger partial charge in [0.05, 0.1) is 4.88 Å². The van der Waals surface area contributed by atoms with Crippen LogP contribution < -0.4 is 5.32 Å². The number of likely N-dealkylation sites (tertiary alicyclic amines) is 1. The Morgan fingerprint density at radius 2 is 2.33 bits per heavy atom. The van der Waals surface area contributed by atoms with Crippen molar-refractivity contribution in [2.75, 3.05) is 26.2 Å². The highest BCUT2D eigenvalue weighted by Crippen LogP contribution is 2.36. The van der Waals surface area contributed by atoms with Gasteiger partial charge in [0.25, 0.3) is 5.91 Å². The second kappa shape index (κ2) is 4.67. The second-order valence-electron chi connectivity index (χ2n) is 5.67. The van der Waals surface area contributed by atoms with E-state index < -0.39 is 0 Å². The molecule has 1 amide bonds. The Balaban J connectivity index is 1.74. The van der Waals surface area contributed by atoms with Crippen LogP contribution in [0, 0.1) is 12.3 Å². The van der Waals surface area contributed by atoms with Crippen LogP contribution in [-0.4, -0.2) is 37.0 Å². The number of thiophene rings is 1. The smallest absolute Gasteiger partial charge is 0.263 e. The molecule has 2 fully saturated rings. The molecule has 3 heterocycles. The van der Waals surface area contributed by atoms with Crippen molar-refractivity contribution in [3.05, 3.63) is 21.9 Å². The van der Waals surface area contributed by atoms with E-state index in [1.54, 1.807) is 11.3 Å². The van der Waals surface area contributed by atoms with E-state index in [-0.39, 0.29) is 5.91 Å². The van der Waals surface area contributed by atoms with E-state index in [9.17, 15) is 4.79 Å². The van der Waals surface area contributed by atoms with E-state index in [1.807, 2.05) is 12.1 Å². The summed E-state index contributed by atoms with van der Waals surface area (Å²) < 4.78 is 0. The maximum Gasteiger partial charge on any atom is 0.263 e. The highest BCUT2D eigenvalue weighted by atomic mass is 32.1. The Bertz CT molecular complexity index is 448. The Hall–Kier alpha value is -0.870. The van der Waals surface area contributed by atoms with Crippen LogP contribution in [0.4, 0.5) is 0 Å². The van der Waals surface area contributed by atoms with Gasteiger partial charge in [0.1, 0.15) is 0 Å². The fourth-order valence-corrected chi connectivity index (χ4v) is 4.07. The van der Waals surface area contributed by atoms with Gasteiger partial charge in [-0.15, -0.1) is 11.3 Å². The number of nitrogens with one attached hydrogen (secondary N) is 1. The molecule has 0 radical (unpaired) electrons. The predicted octanol–water partition coefficient (Wildman–Crippen LogP) is 2.27. The fraction of sp³-hybridized carbons (Fsp3) is 0.643. The van der Waals surface area contributed by atoms with Gasteiger partial charge in [-0.25, -0.2) is 0 Å². The fourth-order valence-electron chi connectivity index (χ4n) is 3.23. The van der Waals surface area contributed by atoms with Crippen molar-refractivity contribution in [1.82, 2.24) is 10.2 Å². The third-order valence-electron chi connectivity index (χ3n) is 4.23. The van der Waals surface area contributed by atoms with E-state index in [0.717, 1.165) is 37.5 Å². The minimum absolute atomic E-state index is 0.235. The predicted molar refractivity (Wildman–Crippen MR) is 74.1 cm³/mol. The standard InChI is InChI=1S/C14H20N2OS/c1-11-3-4-12(18-11)13(17)16-8-2-5-14(10-16)6-7-15-9-14/h3-4,15H,2,5-10H2,1H3. The molecule has 4 heteroatoms. The molecule has 2 aliphatic heterocycles. The molecule has 0 aromatic carbocycles. The third-order valence-corrected chi connectivity index (χ3v) is 5.22. The van der Waals surface area contributed by atoms with Crippen LogP contribution in [0.3, 0.4) is 0 Å². The Morgan fingerprint density at radius 3 is 3.00 bits per heavy atom. The zero-order valence-electron chi connectivity index (χ0n) is 10.9. The van der Waals surface area contributed by atoms with Gasteiger partial charge >= 0.3 is 0 Å². The van der Waals surface area contributed by atoms with Crippen molar-refractivity contribution in [3.8, 4) is 0 Å². The largest absolute Gasteiger partial charge is 0.337 e. The summed E-state index contributed by atoms with van der Waals surface area (Å²) in [6, 6.07) is 4.01. The monoisotopic (exact) mass is 264 g/mol. The molecule has 2 aliphatic rings. The van der Waals surface area contributed by atoms with Gasteiger partial charge in [0.15, 0.2) is 0 Å². The molecule has 2 saturated heterocycles. The number of carbonyl (C=O) groups excluding carboxylic acids is 1. The number of piperidine rings is 1. The normalized spacial score (nSPS) is 27.9. The molecule has 3 rings (SSSR count). The zero-order valence-corrected chi connectivity index (χ0v) is 11.7. The molecule has 1 unspecified atom stereocenters. The molecule has 98 valence electrons. The molecule has 0 saturated carbocycles. The lowest BCUT2D eigenvalue weighted by molar-refractivity contribution is 0.0558. The summed E-state index contributed by atoms with van der Waals surface area (Å²) in [4.78, 5) is 16.7. The summed E-state index contributed by atoms with van der Waals surface area (Å²) in [7, 11) is 0. The first-order valence-electron chi connectivity index (χ1n) is 6.75. The van der Waals surface area contributed by atoms with E-state index in [4.69, 9.17) is 0 Å². The highest BCUT2D eigenvalue weighted by molar-refractivity contribution is 7.13. The topological polar surface area (TPSA) is 32.3 Å².